The second-order valence-electron chi connectivity index (χ2n) is 4.18. The predicted molar refractivity (Wildman–Crippen MR) is 60.6 cm³/mol. The summed E-state index contributed by atoms with van der Waals surface area (Å²) in [5, 5.41) is 0. The lowest BCUT2D eigenvalue weighted by Gasteiger charge is -2.14. The third-order valence-corrected chi connectivity index (χ3v) is 2.86. The fraction of sp³-hybridized carbons (Fsp3) is 0.462. The average molecular weight is 220 g/mol. The number of benzene rings is 1. The molecular formula is C13H16O3. The van der Waals surface area contributed by atoms with Crippen LogP contribution in [0.3, 0.4) is 0 Å². The first-order chi connectivity index (χ1) is 7.70. The SMILES string of the molecule is COC(=O)c1cccc(OC(C)C2CC2)c1. The number of carbonyl (C=O) groups excluding carboxylic acids is 1. The molecule has 1 fully saturated rings. The van der Waals surface area contributed by atoms with E-state index in [1.165, 1.54) is 20.0 Å². The molecule has 2 rings (SSSR count). The molecule has 0 aliphatic heterocycles. The number of hydrogen-bond donors (Lipinski definition) is 0. The zero-order chi connectivity index (χ0) is 11.5. The van der Waals surface area contributed by atoms with Crippen molar-refractivity contribution in [1.82, 2.24) is 0 Å². The van der Waals surface area contributed by atoms with Crippen LogP contribution in [0.2, 0.25) is 0 Å². The van der Waals surface area contributed by atoms with Gasteiger partial charge >= 0.3 is 5.97 Å². The van der Waals surface area contributed by atoms with Gasteiger partial charge in [-0.3, -0.25) is 0 Å². The summed E-state index contributed by atoms with van der Waals surface area (Å²) in [6, 6.07) is 7.12. The first-order valence-electron chi connectivity index (χ1n) is 5.55. The molecule has 1 aliphatic carbocycles. The van der Waals surface area contributed by atoms with E-state index in [-0.39, 0.29) is 12.1 Å². The molecule has 1 aromatic carbocycles. The van der Waals surface area contributed by atoms with Gasteiger partial charge in [-0.2, -0.15) is 0 Å². The highest BCUT2D eigenvalue weighted by Gasteiger charge is 2.29. The van der Waals surface area contributed by atoms with Crippen LogP contribution in [0.15, 0.2) is 24.3 Å². The van der Waals surface area contributed by atoms with Gasteiger partial charge in [-0.05, 0) is 43.9 Å². The summed E-state index contributed by atoms with van der Waals surface area (Å²) >= 11 is 0. The van der Waals surface area contributed by atoms with E-state index in [9.17, 15) is 4.79 Å². The van der Waals surface area contributed by atoms with Crippen LogP contribution in [0.1, 0.15) is 30.1 Å². The lowest BCUT2D eigenvalue weighted by molar-refractivity contribution is 0.0600. The number of ether oxygens (including phenoxy) is 2. The highest BCUT2D eigenvalue weighted by atomic mass is 16.5. The van der Waals surface area contributed by atoms with Gasteiger partial charge in [-0.1, -0.05) is 6.07 Å². The zero-order valence-electron chi connectivity index (χ0n) is 9.60. The van der Waals surface area contributed by atoms with Gasteiger partial charge in [0.05, 0.1) is 18.8 Å². The molecule has 1 atom stereocenters. The number of methoxy groups -OCH3 is 1. The molecule has 0 saturated heterocycles. The molecule has 1 aromatic rings. The van der Waals surface area contributed by atoms with Gasteiger partial charge in [0.2, 0.25) is 0 Å². The van der Waals surface area contributed by atoms with Crippen LogP contribution in [0.5, 0.6) is 5.75 Å². The normalized spacial score (nSPS) is 16.6. The zero-order valence-corrected chi connectivity index (χ0v) is 9.60. The van der Waals surface area contributed by atoms with Crippen LogP contribution in [0.25, 0.3) is 0 Å². The van der Waals surface area contributed by atoms with Crippen LogP contribution < -0.4 is 4.74 Å². The first kappa shape index (κ1) is 11.0. The van der Waals surface area contributed by atoms with Crippen LogP contribution in [0, 0.1) is 5.92 Å². The summed E-state index contributed by atoms with van der Waals surface area (Å²) in [7, 11) is 1.38. The number of rotatable bonds is 4. The van der Waals surface area contributed by atoms with Gasteiger partial charge in [0, 0.05) is 0 Å². The molecule has 0 amide bonds. The van der Waals surface area contributed by atoms with E-state index in [4.69, 9.17) is 4.74 Å². The summed E-state index contributed by atoms with van der Waals surface area (Å²) in [6.07, 6.45) is 2.73. The molecule has 0 N–H and O–H groups in total. The Balaban J connectivity index is 2.06. The summed E-state index contributed by atoms with van der Waals surface area (Å²) in [4.78, 5) is 11.3. The van der Waals surface area contributed by atoms with Crippen LogP contribution in [-0.2, 0) is 4.74 Å². The molecule has 16 heavy (non-hydrogen) atoms. The Labute approximate surface area is 95.4 Å². The molecule has 3 nitrogen and oxygen atoms in total. The maximum Gasteiger partial charge on any atom is 0.337 e. The fourth-order valence-electron chi connectivity index (χ4n) is 1.69. The fourth-order valence-corrected chi connectivity index (χ4v) is 1.69. The Morgan fingerprint density at radius 3 is 2.81 bits per heavy atom. The Kier molecular flexibility index (Phi) is 3.13. The molecule has 86 valence electrons. The van der Waals surface area contributed by atoms with Gasteiger partial charge in [0.1, 0.15) is 5.75 Å². The Morgan fingerprint density at radius 1 is 1.44 bits per heavy atom. The predicted octanol–water partition coefficient (Wildman–Crippen LogP) is 2.65. The van der Waals surface area contributed by atoms with Crippen molar-refractivity contribution < 1.29 is 14.3 Å². The van der Waals surface area contributed by atoms with Crippen LogP contribution in [0.4, 0.5) is 0 Å². The molecule has 0 spiro atoms. The van der Waals surface area contributed by atoms with E-state index >= 15 is 0 Å². The van der Waals surface area contributed by atoms with Crippen molar-refractivity contribution in [2.75, 3.05) is 7.11 Å². The summed E-state index contributed by atoms with van der Waals surface area (Å²) in [5.74, 6) is 1.09. The minimum Gasteiger partial charge on any atom is -0.490 e. The molecule has 0 radical (unpaired) electrons. The van der Waals surface area contributed by atoms with Crippen molar-refractivity contribution >= 4 is 5.97 Å². The topological polar surface area (TPSA) is 35.5 Å². The maximum atomic E-state index is 11.3. The van der Waals surface area contributed by atoms with E-state index in [1.54, 1.807) is 18.2 Å². The van der Waals surface area contributed by atoms with Crippen molar-refractivity contribution in [2.45, 2.75) is 25.9 Å². The molecule has 0 bridgehead atoms. The highest BCUT2D eigenvalue weighted by Crippen LogP contribution is 2.34. The maximum absolute atomic E-state index is 11.3. The second kappa shape index (κ2) is 4.56. The van der Waals surface area contributed by atoms with Crippen molar-refractivity contribution in [1.29, 1.82) is 0 Å². The molecule has 0 heterocycles. The smallest absolute Gasteiger partial charge is 0.337 e. The molecule has 1 saturated carbocycles. The average Bonchev–Trinajstić information content (AvgIpc) is 3.12. The van der Waals surface area contributed by atoms with Crippen LogP contribution >= 0.6 is 0 Å². The van der Waals surface area contributed by atoms with Crippen molar-refractivity contribution in [3.8, 4) is 5.75 Å². The molecule has 1 aliphatic rings. The van der Waals surface area contributed by atoms with E-state index in [1.807, 2.05) is 6.07 Å². The summed E-state index contributed by atoms with van der Waals surface area (Å²) < 4.78 is 10.4. The minimum absolute atomic E-state index is 0.230. The summed E-state index contributed by atoms with van der Waals surface area (Å²) in [6.45, 7) is 2.07. The number of carbonyl (C=O) groups is 1. The lowest BCUT2D eigenvalue weighted by Crippen LogP contribution is -2.14. The molecule has 1 unspecified atom stereocenters. The molecule has 3 heteroatoms. The molecule has 0 aromatic heterocycles. The lowest BCUT2D eigenvalue weighted by atomic mass is 10.2. The van der Waals surface area contributed by atoms with E-state index < -0.39 is 0 Å². The van der Waals surface area contributed by atoms with E-state index in [2.05, 4.69) is 11.7 Å². The van der Waals surface area contributed by atoms with Gasteiger partial charge in [-0.15, -0.1) is 0 Å². The van der Waals surface area contributed by atoms with E-state index in [0.717, 1.165) is 5.75 Å². The summed E-state index contributed by atoms with van der Waals surface area (Å²) in [5.41, 5.74) is 0.531. The van der Waals surface area contributed by atoms with Gasteiger partial charge in [-0.25, -0.2) is 4.79 Å². The third kappa shape index (κ3) is 2.54. The molecular weight excluding hydrogens is 204 g/mol. The minimum atomic E-state index is -0.329. The van der Waals surface area contributed by atoms with Crippen LogP contribution in [-0.4, -0.2) is 19.2 Å². The van der Waals surface area contributed by atoms with Gasteiger partial charge < -0.3 is 9.47 Å². The third-order valence-electron chi connectivity index (χ3n) is 2.86. The number of esters is 1. The Morgan fingerprint density at radius 2 is 2.19 bits per heavy atom. The van der Waals surface area contributed by atoms with Crippen molar-refractivity contribution in [3.05, 3.63) is 29.8 Å². The van der Waals surface area contributed by atoms with Crippen molar-refractivity contribution in [3.63, 3.8) is 0 Å². The standard InChI is InChI=1S/C13H16O3/c1-9(10-6-7-10)16-12-5-3-4-11(8-12)13(14)15-2/h3-5,8-10H,6-7H2,1-2H3. The monoisotopic (exact) mass is 220 g/mol. The van der Waals surface area contributed by atoms with Gasteiger partial charge in [0.25, 0.3) is 0 Å². The second-order valence-corrected chi connectivity index (χ2v) is 4.18. The van der Waals surface area contributed by atoms with E-state index in [0.29, 0.717) is 11.5 Å². The Bertz CT molecular complexity index is 383. The first-order valence-corrected chi connectivity index (χ1v) is 5.55. The number of hydrogen-bond acceptors (Lipinski definition) is 3. The van der Waals surface area contributed by atoms with Crippen molar-refractivity contribution in [2.24, 2.45) is 5.92 Å². The highest BCUT2D eigenvalue weighted by molar-refractivity contribution is 5.89. The van der Waals surface area contributed by atoms with Gasteiger partial charge in [0.15, 0.2) is 0 Å². The Hall–Kier alpha value is -1.51. The largest absolute Gasteiger partial charge is 0.490 e. The quantitative estimate of drug-likeness (QED) is 0.732.